The second-order valence-corrected chi connectivity index (χ2v) is 4.93. The van der Waals surface area contributed by atoms with Crippen molar-refractivity contribution in [3.63, 3.8) is 0 Å². The van der Waals surface area contributed by atoms with Crippen molar-refractivity contribution < 1.29 is 9.53 Å². The predicted molar refractivity (Wildman–Crippen MR) is 80.7 cm³/mol. The molecule has 0 amide bonds. The van der Waals surface area contributed by atoms with Gasteiger partial charge in [0.15, 0.2) is 5.78 Å². The van der Waals surface area contributed by atoms with Crippen LogP contribution in [-0.2, 0) is 6.42 Å². The number of ether oxygens (including phenoxy) is 1. The van der Waals surface area contributed by atoms with Crippen molar-refractivity contribution in [1.29, 1.82) is 0 Å². The van der Waals surface area contributed by atoms with Gasteiger partial charge in [0.05, 0.1) is 37.0 Å². The Bertz CT molecular complexity index is 603. The van der Waals surface area contributed by atoms with E-state index in [1.807, 2.05) is 16.9 Å². The highest BCUT2D eigenvalue weighted by molar-refractivity contribution is 5.99. The first-order valence-corrected chi connectivity index (χ1v) is 7.24. The minimum Gasteiger partial charge on any atom is -0.494 e. The zero-order valence-electron chi connectivity index (χ0n) is 12.7. The number of carbonyl (C=O) groups excluding carboxylic acids is 1. The number of hydrogen-bond acceptors (Lipinski definition) is 4. The van der Waals surface area contributed by atoms with Gasteiger partial charge < -0.3 is 4.74 Å². The fourth-order valence-electron chi connectivity index (χ4n) is 2.37. The molecule has 21 heavy (non-hydrogen) atoms. The van der Waals surface area contributed by atoms with E-state index in [0.29, 0.717) is 17.4 Å². The van der Waals surface area contributed by atoms with E-state index in [0.717, 1.165) is 18.5 Å². The Hall–Kier alpha value is -2.17. The van der Waals surface area contributed by atoms with Crippen LogP contribution in [0, 0.1) is 0 Å². The summed E-state index contributed by atoms with van der Waals surface area (Å²) in [7, 11) is 1.54. The number of nitrogens with zero attached hydrogens (tertiary/aromatic N) is 3. The molecule has 0 saturated carbocycles. The summed E-state index contributed by atoms with van der Waals surface area (Å²) in [6, 6.07) is 3.98. The van der Waals surface area contributed by atoms with Gasteiger partial charge in [-0.2, -0.15) is 5.10 Å². The normalized spacial score (nSPS) is 10.9. The molecule has 0 unspecified atom stereocenters. The third-order valence-corrected chi connectivity index (χ3v) is 3.63. The molecule has 0 radical (unpaired) electrons. The number of aromatic nitrogens is 3. The number of hydrogen-bond donors (Lipinski definition) is 0. The van der Waals surface area contributed by atoms with Crippen molar-refractivity contribution in [3.05, 3.63) is 42.0 Å². The van der Waals surface area contributed by atoms with E-state index in [4.69, 9.17) is 4.74 Å². The Morgan fingerprint density at radius 2 is 2.10 bits per heavy atom. The molecule has 0 fully saturated rings. The Morgan fingerprint density at radius 1 is 1.33 bits per heavy atom. The molecule has 2 aromatic rings. The molecule has 112 valence electrons. The standard InChI is InChI=1S/C16H21N3O2/c1-4-13(5-2)19-9-7-12(18-19)10-15(20)14-6-8-17-11-16(14)21-3/h6-9,11,13H,4-5,10H2,1-3H3. The molecule has 2 rings (SSSR count). The van der Waals surface area contributed by atoms with Crippen LogP contribution in [0.2, 0.25) is 0 Å². The van der Waals surface area contributed by atoms with Gasteiger partial charge in [-0.05, 0) is 25.0 Å². The molecule has 0 aromatic carbocycles. The molecule has 0 aliphatic heterocycles. The molecule has 0 N–H and O–H groups in total. The van der Waals surface area contributed by atoms with Gasteiger partial charge in [0.2, 0.25) is 0 Å². The van der Waals surface area contributed by atoms with E-state index in [2.05, 4.69) is 23.9 Å². The molecule has 0 aliphatic carbocycles. The largest absolute Gasteiger partial charge is 0.494 e. The summed E-state index contributed by atoms with van der Waals surface area (Å²) in [5.74, 6) is 0.492. The molecule has 2 heterocycles. The molecule has 0 spiro atoms. The van der Waals surface area contributed by atoms with E-state index in [1.165, 1.54) is 7.11 Å². The Labute approximate surface area is 125 Å². The van der Waals surface area contributed by atoms with Crippen LogP contribution in [0.5, 0.6) is 5.75 Å². The summed E-state index contributed by atoms with van der Waals surface area (Å²) in [6.07, 6.45) is 7.43. The number of rotatable bonds is 7. The molecule has 5 heteroatoms. The van der Waals surface area contributed by atoms with Gasteiger partial charge in [-0.25, -0.2) is 0 Å². The smallest absolute Gasteiger partial charge is 0.172 e. The van der Waals surface area contributed by atoms with Crippen LogP contribution in [0.15, 0.2) is 30.7 Å². The maximum absolute atomic E-state index is 12.4. The first-order chi connectivity index (χ1) is 10.2. The highest BCUT2D eigenvalue weighted by Crippen LogP contribution is 2.19. The summed E-state index contributed by atoms with van der Waals surface area (Å²) in [6.45, 7) is 4.28. The summed E-state index contributed by atoms with van der Waals surface area (Å²) in [5, 5.41) is 4.51. The monoisotopic (exact) mass is 287 g/mol. The van der Waals surface area contributed by atoms with E-state index in [9.17, 15) is 4.79 Å². The van der Waals surface area contributed by atoms with Crippen LogP contribution in [0.25, 0.3) is 0 Å². The second kappa shape index (κ2) is 7.02. The third kappa shape index (κ3) is 3.48. The molecule has 5 nitrogen and oxygen atoms in total. The predicted octanol–water partition coefficient (Wildman–Crippen LogP) is 3.07. The average molecular weight is 287 g/mol. The van der Waals surface area contributed by atoms with Crippen LogP contribution in [-0.4, -0.2) is 27.7 Å². The van der Waals surface area contributed by atoms with E-state index in [-0.39, 0.29) is 12.2 Å². The van der Waals surface area contributed by atoms with Crippen molar-refractivity contribution >= 4 is 5.78 Å². The van der Waals surface area contributed by atoms with Crippen LogP contribution in [0.1, 0.15) is 48.8 Å². The van der Waals surface area contributed by atoms with Gasteiger partial charge in [0, 0.05) is 12.4 Å². The SMILES string of the molecule is CCC(CC)n1ccc(CC(=O)c2ccncc2OC)n1. The van der Waals surface area contributed by atoms with Crippen LogP contribution >= 0.6 is 0 Å². The summed E-state index contributed by atoms with van der Waals surface area (Å²) < 4.78 is 7.12. The lowest BCUT2D eigenvalue weighted by molar-refractivity contribution is 0.0988. The van der Waals surface area contributed by atoms with E-state index in [1.54, 1.807) is 18.5 Å². The fourth-order valence-corrected chi connectivity index (χ4v) is 2.37. The molecular formula is C16H21N3O2. The van der Waals surface area contributed by atoms with E-state index < -0.39 is 0 Å². The number of Topliss-reactive ketones (excluding diaryl/α,β-unsaturated/α-hetero) is 1. The lowest BCUT2D eigenvalue weighted by Gasteiger charge is -2.12. The van der Waals surface area contributed by atoms with Gasteiger partial charge in [0.25, 0.3) is 0 Å². The van der Waals surface area contributed by atoms with Crippen molar-refractivity contribution in [2.75, 3.05) is 7.11 Å². The first-order valence-electron chi connectivity index (χ1n) is 7.24. The first kappa shape index (κ1) is 15.2. The topological polar surface area (TPSA) is 57.0 Å². The molecule has 0 atom stereocenters. The Morgan fingerprint density at radius 3 is 2.76 bits per heavy atom. The number of methoxy groups -OCH3 is 1. The van der Waals surface area contributed by atoms with Crippen LogP contribution in [0.4, 0.5) is 0 Å². The highest BCUT2D eigenvalue weighted by atomic mass is 16.5. The molecule has 2 aromatic heterocycles. The lowest BCUT2D eigenvalue weighted by atomic mass is 10.1. The second-order valence-electron chi connectivity index (χ2n) is 4.93. The van der Waals surface area contributed by atoms with Gasteiger partial charge in [-0.3, -0.25) is 14.5 Å². The molecule has 0 saturated heterocycles. The van der Waals surface area contributed by atoms with Gasteiger partial charge in [-0.1, -0.05) is 13.8 Å². The van der Waals surface area contributed by atoms with E-state index >= 15 is 0 Å². The zero-order valence-corrected chi connectivity index (χ0v) is 12.7. The quantitative estimate of drug-likeness (QED) is 0.734. The van der Waals surface area contributed by atoms with Gasteiger partial charge >= 0.3 is 0 Å². The van der Waals surface area contributed by atoms with Gasteiger partial charge in [0.1, 0.15) is 5.75 Å². The maximum atomic E-state index is 12.4. The number of ketones is 1. The molecule has 0 aliphatic rings. The third-order valence-electron chi connectivity index (χ3n) is 3.63. The number of carbonyl (C=O) groups is 1. The van der Waals surface area contributed by atoms with Crippen molar-refractivity contribution in [2.24, 2.45) is 0 Å². The minimum absolute atomic E-state index is 0.0101. The molecular weight excluding hydrogens is 266 g/mol. The van der Waals surface area contributed by atoms with Crippen LogP contribution in [0.3, 0.4) is 0 Å². The maximum Gasteiger partial charge on any atom is 0.172 e. The fraction of sp³-hybridized carbons (Fsp3) is 0.438. The lowest BCUT2D eigenvalue weighted by Crippen LogP contribution is -2.10. The number of pyridine rings is 1. The summed E-state index contributed by atoms with van der Waals surface area (Å²) >= 11 is 0. The van der Waals surface area contributed by atoms with Gasteiger partial charge in [-0.15, -0.1) is 0 Å². The summed E-state index contributed by atoms with van der Waals surface area (Å²) in [4.78, 5) is 16.3. The Kier molecular flexibility index (Phi) is 5.09. The zero-order chi connectivity index (χ0) is 15.2. The van der Waals surface area contributed by atoms with Crippen LogP contribution < -0.4 is 4.74 Å². The Balaban J connectivity index is 2.13. The average Bonchev–Trinajstić information content (AvgIpc) is 2.96. The molecule has 0 bridgehead atoms. The minimum atomic E-state index is -0.0101. The highest BCUT2D eigenvalue weighted by Gasteiger charge is 2.15. The summed E-state index contributed by atoms with van der Waals surface area (Å²) in [5.41, 5.74) is 1.33. The van der Waals surface area contributed by atoms with Crippen molar-refractivity contribution in [2.45, 2.75) is 39.2 Å². The van der Waals surface area contributed by atoms with Crippen molar-refractivity contribution in [3.8, 4) is 5.75 Å². The van der Waals surface area contributed by atoms with Crippen molar-refractivity contribution in [1.82, 2.24) is 14.8 Å².